The lowest BCUT2D eigenvalue weighted by molar-refractivity contribution is -0.152. The van der Waals surface area contributed by atoms with E-state index in [9.17, 15) is 27.2 Å². The first-order valence-corrected chi connectivity index (χ1v) is 11.4. The Labute approximate surface area is 203 Å². The van der Waals surface area contributed by atoms with Crippen molar-refractivity contribution in [2.75, 3.05) is 0 Å². The van der Waals surface area contributed by atoms with Crippen LogP contribution in [0.3, 0.4) is 0 Å². The van der Waals surface area contributed by atoms with Crippen LogP contribution in [-0.4, -0.2) is 11.9 Å². The number of esters is 2. The molecule has 0 heterocycles. The van der Waals surface area contributed by atoms with E-state index < -0.39 is 57.4 Å². The van der Waals surface area contributed by atoms with Crippen molar-refractivity contribution < 1.29 is 36.6 Å². The number of hydrogen-bond donors (Lipinski definition) is 0. The predicted octanol–water partition coefficient (Wildman–Crippen LogP) is 7.52. The first-order chi connectivity index (χ1) is 16.0. The summed E-state index contributed by atoms with van der Waals surface area (Å²) in [7, 11) is 0. The minimum atomic E-state index is -2.02. The third-order valence-electron chi connectivity index (χ3n) is 6.41. The molecule has 0 amide bonds. The van der Waals surface area contributed by atoms with E-state index in [1.54, 1.807) is 39.8 Å². The minimum absolute atomic E-state index is 0.0707. The number of carbonyl (C=O) groups is 2. The first kappa shape index (κ1) is 28.3. The van der Waals surface area contributed by atoms with E-state index in [1.165, 1.54) is 12.1 Å². The van der Waals surface area contributed by atoms with Crippen LogP contribution in [0.4, 0.5) is 17.6 Å². The molecule has 0 spiro atoms. The standard InChI is InChI=1S/C27H32F4O4/c1-9-14-27(8,26(5,6)7)24(33)35-22-20(30)18(28)17(19(29)21(22)31)23(32)34-16-12-10-15(11-13-16)25(2,3)4/h10-13H,9,14H2,1-8H3. The van der Waals surface area contributed by atoms with Gasteiger partial charge in [0.2, 0.25) is 17.4 Å². The fourth-order valence-electron chi connectivity index (χ4n) is 3.55. The lowest BCUT2D eigenvalue weighted by Gasteiger charge is -2.39. The molecule has 0 bridgehead atoms. The molecule has 2 rings (SSSR count). The van der Waals surface area contributed by atoms with E-state index in [1.807, 2.05) is 27.7 Å². The van der Waals surface area contributed by atoms with Crippen molar-refractivity contribution in [3.63, 3.8) is 0 Å². The summed E-state index contributed by atoms with van der Waals surface area (Å²) in [6.45, 7) is 14.5. The maximum Gasteiger partial charge on any atom is 0.349 e. The Balaban J connectivity index is 2.41. The molecule has 0 saturated heterocycles. The Kier molecular flexibility index (Phi) is 8.09. The van der Waals surface area contributed by atoms with Crippen LogP contribution in [0.5, 0.6) is 11.5 Å². The van der Waals surface area contributed by atoms with Gasteiger partial charge in [0.05, 0.1) is 5.41 Å². The Hall–Kier alpha value is -2.90. The molecule has 0 N–H and O–H groups in total. The van der Waals surface area contributed by atoms with E-state index in [-0.39, 0.29) is 11.2 Å². The molecular formula is C27H32F4O4. The van der Waals surface area contributed by atoms with Crippen LogP contribution in [0.1, 0.15) is 84.2 Å². The molecule has 0 fully saturated rings. The first-order valence-electron chi connectivity index (χ1n) is 11.4. The van der Waals surface area contributed by atoms with Gasteiger partial charge in [-0.2, -0.15) is 8.78 Å². The highest BCUT2D eigenvalue weighted by Crippen LogP contribution is 2.44. The Morgan fingerprint density at radius 1 is 0.771 bits per heavy atom. The number of rotatable bonds is 6. The van der Waals surface area contributed by atoms with E-state index in [4.69, 9.17) is 9.47 Å². The smallest absolute Gasteiger partial charge is 0.349 e. The van der Waals surface area contributed by atoms with Gasteiger partial charge in [-0.1, -0.05) is 67.0 Å². The second-order valence-corrected chi connectivity index (χ2v) is 10.8. The zero-order valence-electron chi connectivity index (χ0n) is 21.4. The lowest BCUT2D eigenvalue weighted by Crippen LogP contribution is -2.43. The summed E-state index contributed by atoms with van der Waals surface area (Å²) in [6, 6.07) is 6.11. The zero-order valence-corrected chi connectivity index (χ0v) is 21.4. The van der Waals surface area contributed by atoms with E-state index >= 15 is 0 Å². The average molecular weight is 497 g/mol. The summed E-state index contributed by atoms with van der Waals surface area (Å²) >= 11 is 0. The number of ether oxygens (including phenoxy) is 2. The monoisotopic (exact) mass is 496 g/mol. The van der Waals surface area contributed by atoms with Gasteiger partial charge < -0.3 is 9.47 Å². The van der Waals surface area contributed by atoms with Gasteiger partial charge in [0, 0.05) is 0 Å². The van der Waals surface area contributed by atoms with Gasteiger partial charge in [-0.05, 0) is 41.9 Å². The Bertz CT molecular complexity index is 1080. The summed E-state index contributed by atoms with van der Waals surface area (Å²) < 4.78 is 68.8. The Morgan fingerprint density at radius 2 is 1.26 bits per heavy atom. The molecule has 192 valence electrons. The molecule has 0 radical (unpaired) electrons. The van der Waals surface area contributed by atoms with Crippen LogP contribution in [0.15, 0.2) is 24.3 Å². The molecule has 2 aromatic rings. The maximum atomic E-state index is 14.8. The summed E-state index contributed by atoms with van der Waals surface area (Å²) in [5.74, 6) is -12.3. The van der Waals surface area contributed by atoms with Gasteiger partial charge in [-0.3, -0.25) is 4.79 Å². The molecule has 4 nitrogen and oxygen atoms in total. The highest BCUT2D eigenvalue weighted by Gasteiger charge is 2.46. The number of hydrogen-bond acceptors (Lipinski definition) is 4. The SMILES string of the molecule is CCCC(C)(C(=O)Oc1c(F)c(F)c(C(=O)Oc2ccc(C(C)(C)C)cc2)c(F)c1F)C(C)(C)C. The second kappa shape index (κ2) is 9.99. The minimum Gasteiger partial charge on any atom is -0.423 e. The highest BCUT2D eigenvalue weighted by molar-refractivity contribution is 5.92. The molecular weight excluding hydrogens is 464 g/mol. The van der Waals surface area contributed by atoms with E-state index in [0.29, 0.717) is 12.8 Å². The van der Waals surface area contributed by atoms with Crippen molar-refractivity contribution in [1.29, 1.82) is 0 Å². The normalized spacial score (nSPS) is 13.8. The van der Waals surface area contributed by atoms with Crippen LogP contribution in [-0.2, 0) is 10.2 Å². The molecule has 8 heteroatoms. The molecule has 1 atom stereocenters. The van der Waals surface area contributed by atoms with Crippen LogP contribution >= 0.6 is 0 Å². The number of halogens is 4. The summed E-state index contributed by atoms with van der Waals surface area (Å²) in [5.41, 5.74) is -2.74. The average Bonchev–Trinajstić information content (AvgIpc) is 2.74. The van der Waals surface area contributed by atoms with Crippen LogP contribution in [0, 0.1) is 34.1 Å². The number of carbonyl (C=O) groups excluding carboxylic acids is 2. The van der Waals surface area contributed by atoms with Crippen molar-refractivity contribution in [1.82, 2.24) is 0 Å². The zero-order chi connectivity index (χ0) is 26.9. The van der Waals surface area contributed by atoms with Crippen molar-refractivity contribution in [2.24, 2.45) is 10.8 Å². The van der Waals surface area contributed by atoms with E-state index in [0.717, 1.165) is 5.56 Å². The molecule has 0 aliphatic heterocycles. The third kappa shape index (κ3) is 5.68. The second-order valence-electron chi connectivity index (χ2n) is 10.8. The maximum absolute atomic E-state index is 14.8. The molecule has 0 aromatic heterocycles. The topological polar surface area (TPSA) is 52.6 Å². The van der Waals surface area contributed by atoms with Gasteiger partial charge in [-0.15, -0.1) is 0 Å². The lowest BCUT2D eigenvalue weighted by atomic mass is 9.65. The third-order valence-corrected chi connectivity index (χ3v) is 6.41. The molecule has 0 aliphatic rings. The largest absolute Gasteiger partial charge is 0.423 e. The predicted molar refractivity (Wildman–Crippen MR) is 124 cm³/mol. The quantitative estimate of drug-likeness (QED) is 0.180. The highest BCUT2D eigenvalue weighted by atomic mass is 19.2. The fourth-order valence-corrected chi connectivity index (χ4v) is 3.55. The van der Waals surface area contributed by atoms with Crippen molar-refractivity contribution >= 4 is 11.9 Å². The van der Waals surface area contributed by atoms with Gasteiger partial charge in [0.25, 0.3) is 0 Å². The fraction of sp³-hybridized carbons (Fsp3) is 0.481. The molecule has 0 aliphatic carbocycles. The van der Waals surface area contributed by atoms with Crippen LogP contribution in [0.25, 0.3) is 0 Å². The van der Waals surface area contributed by atoms with Crippen molar-refractivity contribution in [2.45, 2.75) is 73.6 Å². The number of benzene rings is 2. The van der Waals surface area contributed by atoms with Crippen LogP contribution < -0.4 is 9.47 Å². The van der Waals surface area contributed by atoms with Gasteiger partial charge in [0.1, 0.15) is 11.3 Å². The molecule has 1 unspecified atom stereocenters. The van der Waals surface area contributed by atoms with Gasteiger partial charge >= 0.3 is 11.9 Å². The van der Waals surface area contributed by atoms with Gasteiger partial charge in [0.15, 0.2) is 11.6 Å². The Morgan fingerprint density at radius 3 is 1.66 bits per heavy atom. The summed E-state index contributed by atoms with van der Waals surface area (Å²) in [5, 5.41) is 0. The van der Waals surface area contributed by atoms with Crippen molar-refractivity contribution in [3.05, 3.63) is 58.7 Å². The van der Waals surface area contributed by atoms with E-state index in [2.05, 4.69) is 0 Å². The molecule has 35 heavy (non-hydrogen) atoms. The summed E-state index contributed by atoms with van der Waals surface area (Å²) in [6.07, 6.45) is 0.861. The van der Waals surface area contributed by atoms with Crippen molar-refractivity contribution in [3.8, 4) is 11.5 Å². The summed E-state index contributed by atoms with van der Waals surface area (Å²) in [4.78, 5) is 25.3. The molecule has 2 aromatic carbocycles. The molecule has 0 saturated carbocycles. The van der Waals surface area contributed by atoms with Crippen LogP contribution in [0.2, 0.25) is 0 Å². The van der Waals surface area contributed by atoms with Gasteiger partial charge in [-0.25, -0.2) is 13.6 Å².